The summed E-state index contributed by atoms with van der Waals surface area (Å²) in [5.74, 6) is -0.108. The lowest BCUT2D eigenvalue weighted by Crippen LogP contribution is -2.28. The quantitative estimate of drug-likeness (QED) is 0.446. The number of hydrogen-bond donors (Lipinski definition) is 1. The molecule has 7 heteroatoms. The van der Waals surface area contributed by atoms with Gasteiger partial charge in [-0.1, -0.05) is 12.1 Å². The number of fused-ring (bicyclic) bond motifs is 1. The van der Waals surface area contributed by atoms with Crippen LogP contribution < -0.4 is 5.32 Å². The predicted octanol–water partition coefficient (Wildman–Crippen LogP) is 4.19. The first-order valence-corrected chi connectivity index (χ1v) is 10.6. The van der Waals surface area contributed by atoms with E-state index in [2.05, 4.69) is 20.2 Å². The molecule has 0 aliphatic heterocycles. The maximum atomic E-state index is 13.8. The van der Waals surface area contributed by atoms with Gasteiger partial charge in [0, 0.05) is 35.6 Å². The maximum absolute atomic E-state index is 13.8. The molecule has 1 aromatic carbocycles. The SMILES string of the molecule is Cc1cc(-c2ncccc2-c2ccc3cnc(C(=O)NCCCN(C)C)n3c2)ccc1F. The Morgan fingerprint density at radius 2 is 1.94 bits per heavy atom. The number of rotatable bonds is 7. The average Bonchev–Trinajstić information content (AvgIpc) is 3.22. The lowest BCUT2D eigenvalue weighted by Gasteiger charge is -2.11. The number of pyridine rings is 2. The number of imidazole rings is 1. The largest absolute Gasteiger partial charge is 0.349 e. The number of aromatic nitrogens is 3. The van der Waals surface area contributed by atoms with Gasteiger partial charge in [0.2, 0.25) is 5.82 Å². The van der Waals surface area contributed by atoms with E-state index in [0.717, 1.165) is 40.9 Å². The molecule has 0 radical (unpaired) electrons. The van der Waals surface area contributed by atoms with Gasteiger partial charge in [0.15, 0.2) is 0 Å². The number of nitrogens with one attached hydrogen (secondary N) is 1. The number of hydrogen-bond acceptors (Lipinski definition) is 4. The van der Waals surface area contributed by atoms with Gasteiger partial charge in [-0.15, -0.1) is 0 Å². The third-order valence-corrected chi connectivity index (χ3v) is 5.35. The molecular weight excluding hydrogens is 405 g/mol. The van der Waals surface area contributed by atoms with Crippen molar-refractivity contribution in [3.63, 3.8) is 0 Å². The molecule has 0 bridgehead atoms. The van der Waals surface area contributed by atoms with Gasteiger partial charge in [-0.25, -0.2) is 9.37 Å². The summed E-state index contributed by atoms with van der Waals surface area (Å²) in [6, 6.07) is 12.7. The summed E-state index contributed by atoms with van der Waals surface area (Å²) in [7, 11) is 4.01. The van der Waals surface area contributed by atoms with Crippen LogP contribution in [0.1, 0.15) is 22.6 Å². The molecule has 164 valence electrons. The van der Waals surface area contributed by atoms with E-state index in [-0.39, 0.29) is 11.7 Å². The Balaban J connectivity index is 1.67. The first kappa shape index (κ1) is 21.6. The third kappa shape index (κ3) is 4.53. The number of carbonyl (C=O) groups is 1. The highest BCUT2D eigenvalue weighted by molar-refractivity contribution is 5.92. The highest BCUT2D eigenvalue weighted by Gasteiger charge is 2.15. The van der Waals surface area contributed by atoms with Crippen molar-refractivity contribution in [1.82, 2.24) is 24.6 Å². The molecule has 0 spiro atoms. The van der Waals surface area contributed by atoms with Crippen molar-refractivity contribution >= 4 is 11.4 Å². The molecular formula is C25H26FN5O. The molecule has 32 heavy (non-hydrogen) atoms. The van der Waals surface area contributed by atoms with Crippen LogP contribution in [0.15, 0.2) is 61.1 Å². The molecule has 1 N–H and O–H groups in total. The van der Waals surface area contributed by atoms with Crippen molar-refractivity contribution in [2.75, 3.05) is 27.2 Å². The van der Waals surface area contributed by atoms with Gasteiger partial charge < -0.3 is 10.2 Å². The molecule has 6 nitrogen and oxygen atoms in total. The Morgan fingerprint density at radius 3 is 2.72 bits per heavy atom. The Kier molecular flexibility index (Phi) is 6.28. The minimum absolute atomic E-state index is 0.207. The summed E-state index contributed by atoms with van der Waals surface area (Å²) >= 11 is 0. The maximum Gasteiger partial charge on any atom is 0.287 e. The van der Waals surface area contributed by atoms with Crippen LogP contribution in [-0.4, -0.2) is 52.4 Å². The Bertz CT molecular complexity index is 1260. The Labute approximate surface area is 186 Å². The Hall–Kier alpha value is -3.58. The van der Waals surface area contributed by atoms with Crippen molar-refractivity contribution in [2.24, 2.45) is 0 Å². The molecule has 0 saturated carbocycles. The Morgan fingerprint density at radius 1 is 1.12 bits per heavy atom. The summed E-state index contributed by atoms with van der Waals surface area (Å²) in [6.45, 7) is 3.23. The molecule has 0 saturated heterocycles. The smallest absolute Gasteiger partial charge is 0.287 e. The van der Waals surface area contributed by atoms with E-state index in [4.69, 9.17) is 0 Å². The van der Waals surface area contributed by atoms with Crippen molar-refractivity contribution in [1.29, 1.82) is 0 Å². The summed E-state index contributed by atoms with van der Waals surface area (Å²) in [5, 5.41) is 2.94. The molecule has 0 atom stereocenters. The van der Waals surface area contributed by atoms with Crippen LogP contribution in [0.2, 0.25) is 0 Å². The molecule has 0 unspecified atom stereocenters. The summed E-state index contributed by atoms with van der Waals surface area (Å²) < 4.78 is 15.6. The second-order valence-corrected chi connectivity index (χ2v) is 8.07. The molecule has 4 rings (SSSR count). The van der Waals surface area contributed by atoms with Gasteiger partial charge in [-0.3, -0.25) is 14.2 Å². The number of benzene rings is 1. The van der Waals surface area contributed by atoms with Gasteiger partial charge >= 0.3 is 0 Å². The second-order valence-electron chi connectivity index (χ2n) is 8.07. The van der Waals surface area contributed by atoms with Crippen LogP contribution in [0.5, 0.6) is 0 Å². The minimum atomic E-state index is -0.243. The van der Waals surface area contributed by atoms with E-state index in [9.17, 15) is 9.18 Å². The monoisotopic (exact) mass is 431 g/mol. The molecule has 0 aliphatic carbocycles. The van der Waals surface area contributed by atoms with Crippen LogP contribution in [-0.2, 0) is 0 Å². The normalized spacial score (nSPS) is 11.3. The van der Waals surface area contributed by atoms with Crippen molar-refractivity contribution in [3.05, 3.63) is 78.3 Å². The predicted molar refractivity (Wildman–Crippen MR) is 124 cm³/mol. The van der Waals surface area contributed by atoms with Gasteiger partial charge in [0.05, 0.1) is 17.4 Å². The van der Waals surface area contributed by atoms with Crippen LogP contribution >= 0.6 is 0 Å². The molecule has 1 amide bonds. The third-order valence-electron chi connectivity index (χ3n) is 5.35. The highest BCUT2D eigenvalue weighted by atomic mass is 19.1. The fraction of sp³-hybridized carbons (Fsp3) is 0.240. The topological polar surface area (TPSA) is 62.5 Å². The van der Waals surface area contributed by atoms with E-state index in [1.807, 2.05) is 44.6 Å². The fourth-order valence-corrected chi connectivity index (χ4v) is 3.65. The minimum Gasteiger partial charge on any atom is -0.349 e. The zero-order valence-corrected chi connectivity index (χ0v) is 18.5. The van der Waals surface area contributed by atoms with Crippen molar-refractivity contribution in [3.8, 4) is 22.4 Å². The van der Waals surface area contributed by atoms with Gasteiger partial charge in [0.1, 0.15) is 5.82 Å². The van der Waals surface area contributed by atoms with Crippen LogP contribution in [0, 0.1) is 12.7 Å². The summed E-state index contributed by atoms with van der Waals surface area (Å²) in [5.41, 5.74) is 4.77. The fourth-order valence-electron chi connectivity index (χ4n) is 3.65. The number of halogens is 1. The van der Waals surface area contributed by atoms with E-state index in [0.29, 0.717) is 17.9 Å². The van der Waals surface area contributed by atoms with Gasteiger partial charge in [-0.2, -0.15) is 0 Å². The number of amides is 1. The van der Waals surface area contributed by atoms with Crippen LogP contribution in [0.3, 0.4) is 0 Å². The molecule has 4 aromatic rings. The number of nitrogens with zero attached hydrogens (tertiary/aromatic N) is 4. The van der Waals surface area contributed by atoms with Gasteiger partial charge in [-0.05, 0) is 69.9 Å². The first-order valence-electron chi connectivity index (χ1n) is 10.6. The average molecular weight is 432 g/mol. The van der Waals surface area contributed by atoms with Crippen molar-refractivity contribution in [2.45, 2.75) is 13.3 Å². The molecule has 0 aliphatic rings. The lowest BCUT2D eigenvalue weighted by molar-refractivity contribution is 0.0941. The molecule has 0 fully saturated rings. The van der Waals surface area contributed by atoms with Gasteiger partial charge in [0.25, 0.3) is 5.91 Å². The zero-order chi connectivity index (χ0) is 22.7. The van der Waals surface area contributed by atoms with Crippen LogP contribution in [0.25, 0.3) is 27.9 Å². The number of carbonyl (C=O) groups excluding carboxylic acids is 1. The van der Waals surface area contributed by atoms with E-state index in [1.165, 1.54) is 6.07 Å². The second kappa shape index (κ2) is 9.28. The lowest BCUT2D eigenvalue weighted by atomic mass is 9.99. The standard InChI is InChI=1S/C25H26FN5O/c1-17-14-18(8-10-22(17)26)23-21(6-4-11-27-23)19-7-9-20-15-29-24(31(20)16-19)25(32)28-12-5-13-30(2)3/h4,6-11,14-16H,5,12-13H2,1-3H3,(H,28,32). The first-order chi connectivity index (χ1) is 15.4. The van der Waals surface area contributed by atoms with Crippen LogP contribution in [0.4, 0.5) is 4.39 Å². The van der Waals surface area contributed by atoms with E-state index >= 15 is 0 Å². The van der Waals surface area contributed by atoms with E-state index < -0.39 is 0 Å². The molecule has 3 aromatic heterocycles. The molecule has 3 heterocycles. The number of aryl methyl sites for hydroxylation is 1. The summed E-state index contributed by atoms with van der Waals surface area (Å²) in [4.78, 5) is 23.7. The highest BCUT2D eigenvalue weighted by Crippen LogP contribution is 2.31. The zero-order valence-electron chi connectivity index (χ0n) is 18.5. The van der Waals surface area contributed by atoms with E-state index in [1.54, 1.807) is 35.9 Å². The summed E-state index contributed by atoms with van der Waals surface area (Å²) in [6.07, 6.45) is 6.17. The van der Waals surface area contributed by atoms with Crippen molar-refractivity contribution < 1.29 is 9.18 Å².